The van der Waals surface area contributed by atoms with Gasteiger partial charge < -0.3 is 15.5 Å². The van der Waals surface area contributed by atoms with Crippen LogP contribution in [-0.4, -0.2) is 43.5 Å². The van der Waals surface area contributed by atoms with Crippen LogP contribution in [0.5, 0.6) is 0 Å². The first-order chi connectivity index (χ1) is 10.0. The van der Waals surface area contributed by atoms with Crippen molar-refractivity contribution in [1.82, 2.24) is 4.90 Å². The lowest BCUT2D eigenvalue weighted by Gasteiger charge is -2.27. The average molecular weight is 290 g/mol. The van der Waals surface area contributed by atoms with E-state index in [4.69, 9.17) is 11.1 Å². The van der Waals surface area contributed by atoms with Gasteiger partial charge in [0.25, 0.3) is 0 Å². The minimum atomic E-state index is 0.146. The highest BCUT2D eigenvalue weighted by atomic mass is 15.1. The van der Waals surface area contributed by atoms with Crippen LogP contribution in [0.25, 0.3) is 0 Å². The molecule has 0 radical (unpaired) electrons. The van der Waals surface area contributed by atoms with Gasteiger partial charge in [-0.1, -0.05) is 19.9 Å². The summed E-state index contributed by atoms with van der Waals surface area (Å²) >= 11 is 0. The quantitative estimate of drug-likeness (QED) is 0.543. The molecule has 118 valence electrons. The second-order valence-corrected chi connectivity index (χ2v) is 5.39. The number of nitrogens with one attached hydrogen (secondary N) is 1. The van der Waals surface area contributed by atoms with Gasteiger partial charge in [-0.2, -0.15) is 0 Å². The SMILES string of the molecule is CCN(CC)CCCN(CC)c1cc(C)ccc1C(=N)N. The standard InChI is InChI=1S/C17H30N4/c1-5-20(6-2)11-8-12-21(7-3)16-13-14(4)9-10-15(16)17(18)19/h9-10,13H,5-8,11-12H2,1-4H3,(H3,18,19). The van der Waals surface area contributed by atoms with E-state index in [1.54, 1.807) is 0 Å². The fourth-order valence-electron chi connectivity index (χ4n) is 2.60. The molecule has 0 fully saturated rings. The van der Waals surface area contributed by atoms with Crippen molar-refractivity contribution in [2.45, 2.75) is 34.1 Å². The number of nitrogens with two attached hydrogens (primary N) is 1. The maximum Gasteiger partial charge on any atom is 0.124 e. The van der Waals surface area contributed by atoms with Crippen molar-refractivity contribution in [2.75, 3.05) is 37.6 Å². The first-order valence-corrected chi connectivity index (χ1v) is 7.95. The normalized spacial score (nSPS) is 10.9. The first-order valence-electron chi connectivity index (χ1n) is 7.95. The zero-order valence-corrected chi connectivity index (χ0v) is 13.9. The van der Waals surface area contributed by atoms with Gasteiger partial charge in [-0.05, 0) is 57.6 Å². The summed E-state index contributed by atoms with van der Waals surface area (Å²) in [6.07, 6.45) is 1.13. The van der Waals surface area contributed by atoms with Gasteiger partial charge in [0.05, 0.1) is 0 Å². The van der Waals surface area contributed by atoms with Crippen molar-refractivity contribution in [3.8, 4) is 0 Å². The molecule has 1 rings (SSSR count). The van der Waals surface area contributed by atoms with E-state index in [2.05, 4.69) is 43.6 Å². The predicted molar refractivity (Wildman–Crippen MR) is 92.5 cm³/mol. The van der Waals surface area contributed by atoms with Crippen molar-refractivity contribution < 1.29 is 0 Å². The Labute approximate surface area is 129 Å². The summed E-state index contributed by atoms with van der Waals surface area (Å²) in [6.45, 7) is 13.9. The lowest BCUT2D eigenvalue weighted by Crippen LogP contribution is -2.31. The first kappa shape index (κ1) is 17.5. The number of anilines is 1. The largest absolute Gasteiger partial charge is 0.384 e. The average Bonchev–Trinajstić information content (AvgIpc) is 2.47. The van der Waals surface area contributed by atoms with Crippen LogP contribution in [0.2, 0.25) is 0 Å². The zero-order chi connectivity index (χ0) is 15.8. The second kappa shape index (κ2) is 8.67. The summed E-state index contributed by atoms with van der Waals surface area (Å²) in [5, 5.41) is 7.76. The summed E-state index contributed by atoms with van der Waals surface area (Å²) in [7, 11) is 0. The van der Waals surface area contributed by atoms with Crippen LogP contribution in [-0.2, 0) is 0 Å². The molecule has 0 heterocycles. The van der Waals surface area contributed by atoms with Crippen LogP contribution in [0.1, 0.15) is 38.3 Å². The number of amidine groups is 1. The van der Waals surface area contributed by atoms with Crippen LogP contribution in [0.3, 0.4) is 0 Å². The number of nitrogen functional groups attached to an aromatic ring is 1. The van der Waals surface area contributed by atoms with Crippen molar-refractivity contribution >= 4 is 11.5 Å². The van der Waals surface area contributed by atoms with E-state index in [1.807, 2.05) is 12.1 Å². The maximum atomic E-state index is 7.76. The molecule has 3 N–H and O–H groups in total. The summed E-state index contributed by atoms with van der Waals surface area (Å²) in [4.78, 5) is 4.77. The minimum absolute atomic E-state index is 0.146. The summed E-state index contributed by atoms with van der Waals surface area (Å²) < 4.78 is 0. The molecule has 0 spiro atoms. The van der Waals surface area contributed by atoms with E-state index in [0.29, 0.717) is 0 Å². The number of hydrogen-bond donors (Lipinski definition) is 2. The summed E-state index contributed by atoms with van der Waals surface area (Å²) in [5.41, 5.74) is 8.86. The molecular formula is C17H30N4. The highest BCUT2D eigenvalue weighted by Crippen LogP contribution is 2.22. The van der Waals surface area contributed by atoms with Crippen LogP contribution in [0, 0.1) is 12.3 Å². The molecule has 0 amide bonds. The third kappa shape index (κ3) is 5.05. The molecule has 4 heteroatoms. The molecule has 0 saturated carbocycles. The van der Waals surface area contributed by atoms with Gasteiger partial charge in [0.15, 0.2) is 0 Å². The molecular weight excluding hydrogens is 260 g/mol. The van der Waals surface area contributed by atoms with Gasteiger partial charge >= 0.3 is 0 Å². The van der Waals surface area contributed by atoms with E-state index in [1.165, 1.54) is 5.56 Å². The Morgan fingerprint density at radius 1 is 1.10 bits per heavy atom. The Hall–Kier alpha value is -1.55. The second-order valence-electron chi connectivity index (χ2n) is 5.39. The van der Waals surface area contributed by atoms with Crippen molar-refractivity contribution in [1.29, 1.82) is 5.41 Å². The molecule has 0 aliphatic carbocycles. The van der Waals surface area contributed by atoms with E-state index in [-0.39, 0.29) is 5.84 Å². The molecule has 1 aromatic rings. The molecule has 0 atom stereocenters. The Balaban J connectivity index is 2.80. The van der Waals surface area contributed by atoms with Gasteiger partial charge in [-0.15, -0.1) is 0 Å². The number of rotatable bonds is 9. The molecule has 21 heavy (non-hydrogen) atoms. The number of benzene rings is 1. The molecule has 0 unspecified atom stereocenters. The summed E-state index contributed by atoms with van der Waals surface area (Å²) in [6, 6.07) is 6.11. The fourth-order valence-corrected chi connectivity index (χ4v) is 2.60. The van der Waals surface area contributed by atoms with Crippen molar-refractivity contribution in [2.24, 2.45) is 5.73 Å². The van der Waals surface area contributed by atoms with Crippen molar-refractivity contribution in [3.63, 3.8) is 0 Å². The van der Waals surface area contributed by atoms with Gasteiger partial charge in [0, 0.05) is 24.3 Å². The lowest BCUT2D eigenvalue weighted by molar-refractivity contribution is 0.301. The molecule has 0 aliphatic rings. The number of hydrogen-bond acceptors (Lipinski definition) is 3. The van der Waals surface area contributed by atoms with Gasteiger partial charge in [-0.3, -0.25) is 5.41 Å². The predicted octanol–water partition coefficient (Wildman–Crippen LogP) is 2.84. The Bertz CT molecular complexity index is 452. The van der Waals surface area contributed by atoms with Crippen LogP contribution in [0.4, 0.5) is 5.69 Å². The zero-order valence-electron chi connectivity index (χ0n) is 13.9. The van der Waals surface area contributed by atoms with Crippen LogP contribution < -0.4 is 10.6 Å². The molecule has 0 saturated heterocycles. The molecule has 4 nitrogen and oxygen atoms in total. The fraction of sp³-hybridized carbons (Fsp3) is 0.588. The van der Waals surface area contributed by atoms with E-state index >= 15 is 0 Å². The Morgan fingerprint density at radius 2 is 1.76 bits per heavy atom. The molecule has 0 aliphatic heterocycles. The molecule has 0 bridgehead atoms. The maximum absolute atomic E-state index is 7.76. The molecule has 1 aromatic carbocycles. The van der Waals surface area contributed by atoms with Crippen LogP contribution >= 0.6 is 0 Å². The van der Waals surface area contributed by atoms with Gasteiger partial charge in [0.1, 0.15) is 5.84 Å². The number of aryl methyl sites for hydroxylation is 1. The van der Waals surface area contributed by atoms with E-state index < -0.39 is 0 Å². The van der Waals surface area contributed by atoms with E-state index in [9.17, 15) is 0 Å². The summed E-state index contributed by atoms with van der Waals surface area (Å²) in [5.74, 6) is 0.146. The third-order valence-corrected chi connectivity index (χ3v) is 3.96. The highest BCUT2D eigenvalue weighted by Gasteiger charge is 2.12. The van der Waals surface area contributed by atoms with Crippen LogP contribution in [0.15, 0.2) is 18.2 Å². The monoisotopic (exact) mass is 290 g/mol. The Morgan fingerprint density at radius 3 is 2.29 bits per heavy atom. The van der Waals surface area contributed by atoms with E-state index in [0.717, 1.165) is 50.4 Å². The smallest absolute Gasteiger partial charge is 0.124 e. The van der Waals surface area contributed by atoms with Crippen molar-refractivity contribution in [3.05, 3.63) is 29.3 Å². The van der Waals surface area contributed by atoms with Gasteiger partial charge in [-0.25, -0.2) is 0 Å². The minimum Gasteiger partial charge on any atom is -0.384 e. The molecule has 0 aromatic heterocycles. The highest BCUT2D eigenvalue weighted by molar-refractivity contribution is 6.00. The lowest BCUT2D eigenvalue weighted by atomic mass is 10.1. The van der Waals surface area contributed by atoms with Gasteiger partial charge in [0.2, 0.25) is 0 Å². The Kier molecular flexibility index (Phi) is 7.23. The number of nitrogens with zero attached hydrogens (tertiary/aromatic N) is 2. The topological polar surface area (TPSA) is 56.4 Å². The third-order valence-electron chi connectivity index (χ3n) is 3.96.